The van der Waals surface area contributed by atoms with Gasteiger partial charge in [-0.05, 0) is 32.4 Å². The zero-order valence-electron chi connectivity index (χ0n) is 9.99. The van der Waals surface area contributed by atoms with Gasteiger partial charge in [0, 0.05) is 10.9 Å². The summed E-state index contributed by atoms with van der Waals surface area (Å²) in [7, 11) is 0. The van der Waals surface area contributed by atoms with Gasteiger partial charge in [-0.3, -0.25) is 4.79 Å². The van der Waals surface area contributed by atoms with Crippen molar-refractivity contribution in [1.82, 2.24) is 5.32 Å². The van der Waals surface area contributed by atoms with Crippen LogP contribution in [-0.2, 0) is 0 Å². The highest BCUT2D eigenvalue weighted by Gasteiger charge is 2.24. The van der Waals surface area contributed by atoms with Crippen molar-refractivity contribution in [2.24, 2.45) is 0 Å². The van der Waals surface area contributed by atoms with Crippen LogP contribution >= 0.6 is 15.9 Å². The van der Waals surface area contributed by atoms with Crippen LogP contribution < -0.4 is 5.32 Å². The van der Waals surface area contributed by atoms with Gasteiger partial charge in [-0.1, -0.05) is 15.9 Å². The smallest absolute Gasteiger partial charge is 0.254 e. The molecule has 0 atom stereocenters. The number of rotatable bonds is 4. The number of carbonyl (C=O) groups excluding carboxylic acids is 1. The lowest BCUT2D eigenvalue weighted by Crippen LogP contribution is -2.44. The third-order valence-corrected chi connectivity index (χ3v) is 2.85. The summed E-state index contributed by atoms with van der Waals surface area (Å²) in [4.78, 5) is 11.8. The van der Waals surface area contributed by atoms with Gasteiger partial charge in [0.25, 0.3) is 5.91 Å². The van der Waals surface area contributed by atoms with Gasteiger partial charge in [0.2, 0.25) is 0 Å². The molecule has 0 unspecified atom stereocenters. The molecule has 100 valence electrons. The Morgan fingerprint density at radius 2 is 1.89 bits per heavy atom. The van der Waals surface area contributed by atoms with Gasteiger partial charge in [0.1, 0.15) is 0 Å². The van der Waals surface area contributed by atoms with Crippen LogP contribution in [-0.4, -0.2) is 16.8 Å². The third-order valence-electron chi connectivity index (χ3n) is 2.45. The van der Waals surface area contributed by atoms with E-state index in [1.807, 2.05) is 0 Å². The predicted octanol–water partition coefficient (Wildman–Crippen LogP) is 3.40. The lowest BCUT2D eigenvalue weighted by Gasteiger charge is -2.25. The molecule has 0 saturated heterocycles. The van der Waals surface area contributed by atoms with E-state index in [0.717, 1.165) is 12.1 Å². The fourth-order valence-electron chi connectivity index (χ4n) is 1.37. The van der Waals surface area contributed by atoms with Crippen molar-refractivity contribution in [3.05, 3.63) is 35.1 Å². The van der Waals surface area contributed by atoms with Crippen molar-refractivity contribution >= 4 is 21.8 Å². The number of halogens is 4. The van der Waals surface area contributed by atoms with Crippen LogP contribution in [0.1, 0.15) is 30.6 Å². The normalized spacial score (nSPS) is 11.4. The first-order valence-electron chi connectivity index (χ1n) is 5.30. The second-order valence-electron chi connectivity index (χ2n) is 4.50. The molecule has 1 aromatic rings. The molecule has 1 rings (SSSR count). The molecule has 18 heavy (non-hydrogen) atoms. The zero-order valence-corrected chi connectivity index (χ0v) is 11.6. The Morgan fingerprint density at radius 1 is 1.28 bits per heavy atom. The first-order chi connectivity index (χ1) is 8.28. The van der Waals surface area contributed by atoms with Crippen LogP contribution in [0.25, 0.3) is 0 Å². The topological polar surface area (TPSA) is 29.1 Å². The molecule has 0 fully saturated rings. The van der Waals surface area contributed by atoms with E-state index in [0.29, 0.717) is 11.8 Å². The first kappa shape index (κ1) is 15.0. The van der Waals surface area contributed by atoms with Crippen LogP contribution in [0.5, 0.6) is 0 Å². The van der Waals surface area contributed by atoms with Crippen LogP contribution in [0.3, 0.4) is 0 Å². The lowest BCUT2D eigenvalue weighted by molar-refractivity contribution is 0.0906. The Morgan fingerprint density at radius 3 is 2.44 bits per heavy atom. The molecule has 6 heteroatoms. The molecule has 0 aliphatic heterocycles. The Kier molecular flexibility index (Phi) is 4.78. The number of carbonyl (C=O) groups is 1. The van der Waals surface area contributed by atoms with E-state index in [4.69, 9.17) is 0 Å². The van der Waals surface area contributed by atoms with Gasteiger partial charge in [-0.25, -0.2) is 13.2 Å². The second-order valence-corrected chi connectivity index (χ2v) is 5.29. The van der Waals surface area contributed by atoms with Gasteiger partial charge in [0.05, 0.1) is 5.56 Å². The minimum atomic E-state index is -1.64. The Hall–Kier alpha value is -1.04. The van der Waals surface area contributed by atoms with E-state index < -0.39 is 34.5 Å². The highest BCUT2D eigenvalue weighted by atomic mass is 79.9. The highest BCUT2D eigenvalue weighted by Crippen LogP contribution is 2.17. The standard InChI is InChI=1S/C12H13BrF3NO/c1-12(2,5-6-13)17-11(18)7-3-4-8(14)10(16)9(7)15/h3-4H,5-6H2,1-2H3,(H,17,18). The maximum absolute atomic E-state index is 13.4. The van der Waals surface area contributed by atoms with Gasteiger partial charge < -0.3 is 5.32 Å². The number of nitrogens with one attached hydrogen (secondary N) is 1. The van der Waals surface area contributed by atoms with Crippen molar-refractivity contribution < 1.29 is 18.0 Å². The molecule has 1 N–H and O–H groups in total. The van der Waals surface area contributed by atoms with Gasteiger partial charge >= 0.3 is 0 Å². The molecule has 1 amide bonds. The molecular weight excluding hydrogens is 311 g/mol. The van der Waals surface area contributed by atoms with Crippen LogP contribution in [0.2, 0.25) is 0 Å². The molecule has 0 aliphatic rings. The molecule has 0 aliphatic carbocycles. The molecule has 0 heterocycles. The molecule has 0 radical (unpaired) electrons. The Labute approximate surface area is 112 Å². The first-order valence-corrected chi connectivity index (χ1v) is 6.42. The molecular formula is C12H13BrF3NO. The van der Waals surface area contributed by atoms with Gasteiger partial charge in [0.15, 0.2) is 17.5 Å². The number of amides is 1. The van der Waals surface area contributed by atoms with E-state index in [-0.39, 0.29) is 0 Å². The molecule has 0 aromatic heterocycles. The van der Waals surface area contributed by atoms with Gasteiger partial charge in [-0.15, -0.1) is 0 Å². The molecule has 2 nitrogen and oxygen atoms in total. The summed E-state index contributed by atoms with van der Waals surface area (Å²) in [6.07, 6.45) is 0.615. The highest BCUT2D eigenvalue weighted by molar-refractivity contribution is 9.09. The van der Waals surface area contributed by atoms with Crippen molar-refractivity contribution in [1.29, 1.82) is 0 Å². The van der Waals surface area contributed by atoms with Crippen molar-refractivity contribution in [2.75, 3.05) is 5.33 Å². The average Bonchev–Trinajstić information content (AvgIpc) is 2.25. The number of alkyl halides is 1. The fraction of sp³-hybridized carbons (Fsp3) is 0.417. The summed E-state index contributed by atoms with van der Waals surface area (Å²) < 4.78 is 39.1. The van der Waals surface area contributed by atoms with Gasteiger partial charge in [-0.2, -0.15) is 0 Å². The summed E-state index contributed by atoms with van der Waals surface area (Å²) in [5.41, 5.74) is -1.07. The SMILES string of the molecule is CC(C)(CCBr)NC(=O)c1ccc(F)c(F)c1F. The summed E-state index contributed by atoms with van der Waals surface area (Å²) in [5.74, 6) is -5.19. The largest absolute Gasteiger partial charge is 0.347 e. The monoisotopic (exact) mass is 323 g/mol. The van der Waals surface area contributed by atoms with E-state index in [1.165, 1.54) is 0 Å². The van der Waals surface area contributed by atoms with Crippen molar-refractivity contribution in [2.45, 2.75) is 25.8 Å². The predicted molar refractivity (Wildman–Crippen MR) is 66.3 cm³/mol. The Balaban J connectivity index is 2.95. The molecule has 0 saturated carbocycles. The van der Waals surface area contributed by atoms with E-state index in [9.17, 15) is 18.0 Å². The van der Waals surface area contributed by atoms with E-state index in [1.54, 1.807) is 13.8 Å². The second kappa shape index (κ2) is 5.73. The summed E-state index contributed by atoms with van der Waals surface area (Å²) >= 11 is 3.23. The van der Waals surface area contributed by atoms with Crippen LogP contribution in [0.4, 0.5) is 13.2 Å². The minimum Gasteiger partial charge on any atom is -0.347 e. The lowest BCUT2D eigenvalue weighted by atomic mass is 10.0. The number of hydrogen-bond donors (Lipinski definition) is 1. The third kappa shape index (κ3) is 3.48. The average molecular weight is 324 g/mol. The van der Waals surface area contributed by atoms with E-state index >= 15 is 0 Å². The summed E-state index contributed by atoms with van der Waals surface area (Å²) in [6, 6.07) is 1.65. The number of benzene rings is 1. The summed E-state index contributed by atoms with van der Waals surface area (Å²) in [6.45, 7) is 3.51. The maximum Gasteiger partial charge on any atom is 0.254 e. The van der Waals surface area contributed by atoms with E-state index in [2.05, 4.69) is 21.2 Å². The van der Waals surface area contributed by atoms with Crippen LogP contribution in [0.15, 0.2) is 12.1 Å². The minimum absolute atomic E-state index is 0.503. The molecule has 0 bridgehead atoms. The molecule has 1 aromatic carbocycles. The zero-order chi connectivity index (χ0) is 13.9. The van der Waals surface area contributed by atoms with Crippen molar-refractivity contribution in [3.8, 4) is 0 Å². The maximum atomic E-state index is 13.4. The summed E-state index contributed by atoms with van der Waals surface area (Å²) in [5, 5.41) is 3.22. The number of hydrogen-bond acceptors (Lipinski definition) is 1. The fourth-order valence-corrected chi connectivity index (χ4v) is 2.37. The quantitative estimate of drug-likeness (QED) is 0.667. The van der Waals surface area contributed by atoms with Crippen molar-refractivity contribution in [3.63, 3.8) is 0 Å². The molecule has 0 spiro atoms. The van der Waals surface area contributed by atoms with Crippen LogP contribution in [0, 0.1) is 17.5 Å². The Bertz CT molecular complexity index is 463.